The number of hydrogen-bond donors (Lipinski definition) is 4. The van der Waals surface area contributed by atoms with Gasteiger partial charge < -0.3 is 16.0 Å². The second-order valence-electron chi connectivity index (χ2n) is 10.1. The largest absolute Gasteiger partial charge is 0.335 e. The normalized spacial score (nSPS) is 12.6. The number of nitrogens with zero attached hydrogens (tertiary/aromatic N) is 5. The molecule has 0 saturated heterocycles. The van der Waals surface area contributed by atoms with Gasteiger partial charge in [0.1, 0.15) is 16.9 Å². The van der Waals surface area contributed by atoms with E-state index in [-0.39, 0.29) is 11.5 Å². The van der Waals surface area contributed by atoms with Crippen molar-refractivity contribution in [1.82, 2.24) is 35.1 Å². The predicted octanol–water partition coefficient (Wildman–Crippen LogP) is 4.50. The number of imidazole rings is 1. The van der Waals surface area contributed by atoms with Crippen molar-refractivity contribution in [3.8, 4) is 33.9 Å². The van der Waals surface area contributed by atoms with Gasteiger partial charge in [0.05, 0.1) is 46.5 Å². The van der Waals surface area contributed by atoms with Gasteiger partial charge in [-0.3, -0.25) is 24.8 Å². The molecule has 43 heavy (non-hydrogen) atoms. The average Bonchev–Trinajstić information content (AvgIpc) is 3.60. The highest BCUT2D eigenvalue weighted by Gasteiger charge is 2.21. The van der Waals surface area contributed by atoms with E-state index in [1.54, 1.807) is 30.9 Å². The first kappa shape index (κ1) is 28.1. The molecule has 0 aliphatic heterocycles. The minimum atomic E-state index is -3.66. The molecular formula is C29H26FN9O3S. The number of nitrogens with one attached hydrogen (secondary N) is 3. The number of hydrogen-bond acceptors (Lipinski definition) is 9. The van der Waals surface area contributed by atoms with E-state index in [0.29, 0.717) is 62.6 Å². The maximum Gasteiger partial charge on any atom is 0.224 e. The molecule has 6 aromatic rings. The van der Waals surface area contributed by atoms with Crippen molar-refractivity contribution < 1.29 is 17.6 Å². The summed E-state index contributed by atoms with van der Waals surface area (Å²) in [6.45, 7) is 1.93. The van der Waals surface area contributed by atoms with Gasteiger partial charge in [0.2, 0.25) is 5.91 Å². The molecule has 0 aliphatic carbocycles. The van der Waals surface area contributed by atoms with Gasteiger partial charge in [0, 0.05) is 41.6 Å². The first-order valence-corrected chi connectivity index (χ1v) is 15.2. The van der Waals surface area contributed by atoms with Crippen LogP contribution in [-0.4, -0.2) is 55.7 Å². The van der Waals surface area contributed by atoms with E-state index in [2.05, 4.69) is 35.5 Å². The van der Waals surface area contributed by atoms with Crippen molar-refractivity contribution >= 4 is 43.4 Å². The van der Waals surface area contributed by atoms with Gasteiger partial charge >= 0.3 is 0 Å². The molecule has 218 valence electrons. The molecule has 5 aromatic heterocycles. The van der Waals surface area contributed by atoms with Crippen LogP contribution in [0.4, 0.5) is 10.1 Å². The number of benzene rings is 1. The van der Waals surface area contributed by atoms with E-state index in [0.717, 1.165) is 24.1 Å². The van der Waals surface area contributed by atoms with Gasteiger partial charge in [-0.25, -0.2) is 17.8 Å². The number of sulfone groups is 1. The van der Waals surface area contributed by atoms with Crippen LogP contribution in [0.3, 0.4) is 0 Å². The van der Waals surface area contributed by atoms with E-state index in [9.17, 15) is 17.6 Å². The molecule has 0 spiro atoms. The number of aromatic nitrogens is 7. The number of pyridine rings is 3. The van der Waals surface area contributed by atoms with Crippen molar-refractivity contribution in [2.24, 2.45) is 5.73 Å². The zero-order valence-corrected chi connectivity index (χ0v) is 23.9. The summed E-state index contributed by atoms with van der Waals surface area (Å²) in [7, 11) is -3.66. The predicted molar refractivity (Wildman–Crippen MR) is 161 cm³/mol. The molecule has 14 heteroatoms. The summed E-state index contributed by atoms with van der Waals surface area (Å²) in [6, 6.07) is 7.55. The standard InChI is InChI=1S/C29H26FN9O3S/c1-3-4-25(40)35-19-8-17(10-32-11-19)22-9-20-23(14-34-22)38-39-27(20)29-36-24-13-33-12-21(26(24)37-29)15-5-16(7-18(30)6-15)28(31)43(2,41)42/h5-14,28H,3-4,31H2,1-2H3,(H,35,40)(H,36,37)(H,38,39). The van der Waals surface area contributed by atoms with Crippen LogP contribution >= 0.6 is 0 Å². The topological polar surface area (TPSA) is 185 Å². The van der Waals surface area contributed by atoms with Crippen molar-refractivity contribution in [3.63, 3.8) is 0 Å². The Balaban J connectivity index is 1.40. The maximum atomic E-state index is 14.6. The summed E-state index contributed by atoms with van der Waals surface area (Å²) < 4.78 is 38.7. The molecular weight excluding hydrogens is 573 g/mol. The molecule has 1 unspecified atom stereocenters. The number of halogens is 1. The summed E-state index contributed by atoms with van der Waals surface area (Å²) in [6.07, 6.45) is 10.2. The minimum Gasteiger partial charge on any atom is -0.335 e. The number of amides is 1. The Bertz CT molecular complexity index is 2130. The number of anilines is 1. The molecule has 6 rings (SSSR count). The first-order valence-electron chi connectivity index (χ1n) is 13.3. The molecule has 5 N–H and O–H groups in total. The molecule has 0 saturated carbocycles. The number of nitrogens with two attached hydrogens (primary N) is 1. The molecule has 0 radical (unpaired) electrons. The molecule has 12 nitrogen and oxygen atoms in total. The van der Waals surface area contributed by atoms with Crippen LogP contribution < -0.4 is 11.1 Å². The van der Waals surface area contributed by atoms with Crippen LogP contribution in [0.5, 0.6) is 0 Å². The zero-order valence-electron chi connectivity index (χ0n) is 23.1. The highest BCUT2D eigenvalue weighted by Crippen LogP contribution is 2.33. The van der Waals surface area contributed by atoms with Crippen LogP contribution in [-0.2, 0) is 14.6 Å². The lowest BCUT2D eigenvalue weighted by Gasteiger charge is -2.12. The number of fused-ring (bicyclic) bond motifs is 2. The van der Waals surface area contributed by atoms with E-state index >= 15 is 0 Å². The highest BCUT2D eigenvalue weighted by atomic mass is 32.2. The first-order chi connectivity index (χ1) is 20.6. The maximum absolute atomic E-state index is 14.6. The van der Waals surface area contributed by atoms with Crippen molar-refractivity contribution in [1.29, 1.82) is 0 Å². The Hall–Kier alpha value is -5.08. The lowest BCUT2D eigenvalue weighted by atomic mass is 10.0. The molecule has 1 atom stereocenters. The van der Waals surface area contributed by atoms with Crippen LogP contribution in [0.2, 0.25) is 0 Å². The molecule has 1 amide bonds. The fourth-order valence-electron chi connectivity index (χ4n) is 4.79. The van der Waals surface area contributed by atoms with Gasteiger partial charge in [-0.05, 0) is 47.9 Å². The van der Waals surface area contributed by atoms with Gasteiger partial charge in [-0.2, -0.15) is 5.10 Å². The summed E-state index contributed by atoms with van der Waals surface area (Å²) >= 11 is 0. The Morgan fingerprint density at radius 1 is 1.02 bits per heavy atom. The number of carbonyl (C=O) groups is 1. The number of H-pyrrole nitrogens is 2. The summed E-state index contributed by atoms with van der Waals surface area (Å²) in [4.78, 5) is 33.1. The lowest BCUT2D eigenvalue weighted by molar-refractivity contribution is -0.116. The minimum absolute atomic E-state index is 0.0894. The summed E-state index contributed by atoms with van der Waals surface area (Å²) in [5.74, 6) is -0.301. The third-order valence-corrected chi connectivity index (χ3v) is 8.08. The van der Waals surface area contributed by atoms with Crippen molar-refractivity contribution in [2.45, 2.75) is 25.1 Å². The number of rotatable bonds is 8. The quantitative estimate of drug-likeness (QED) is 0.195. The SMILES string of the molecule is CCCC(=O)Nc1cncc(-c2cc3c(-c4nc5c(-c6cc(F)cc(C(N)S(C)(=O)=O)c6)cncc5[nH]4)n[nH]c3cn2)c1. The third-order valence-electron chi connectivity index (χ3n) is 6.88. The third kappa shape index (κ3) is 5.57. The van der Waals surface area contributed by atoms with Gasteiger partial charge in [-0.15, -0.1) is 0 Å². The Kier molecular flexibility index (Phi) is 7.15. The Morgan fingerprint density at radius 3 is 2.63 bits per heavy atom. The molecule has 0 fully saturated rings. The van der Waals surface area contributed by atoms with E-state index < -0.39 is 21.0 Å². The number of carbonyl (C=O) groups excluding carboxylic acids is 1. The summed E-state index contributed by atoms with van der Waals surface area (Å²) in [5.41, 5.74) is 11.0. The fraction of sp³-hybridized carbons (Fsp3) is 0.172. The fourth-order valence-corrected chi connectivity index (χ4v) is 5.42. The molecule has 0 bridgehead atoms. The number of aromatic amines is 2. The van der Waals surface area contributed by atoms with Crippen LogP contribution in [0.1, 0.15) is 30.7 Å². The van der Waals surface area contributed by atoms with E-state index in [4.69, 9.17) is 10.7 Å². The zero-order chi connectivity index (χ0) is 30.3. The molecule has 0 aliphatic rings. The van der Waals surface area contributed by atoms with E-state index in [1.165, 1.54) is 18.3 Å². The van der Waals surface area contributed by atoms with Crippen LogP contribution in [0, 0.1) is 5.82 Å². The molecule has 5 heterocycles. The summed E-state index contributed by atoms with van der Waals surface area (Å²) in [5, 5.41) is 9.62. The average molecular weight is 600 g/mol. The van der Waals surface area contributed by atoms with Gasteiger partial charge in [0.25, 0.3) is 0 Å². The lowest BCUT2D eigenvalue weighted by Crippen LogP contribution is -2.20. The van der Waals surface area contributed by atoms with Crippen molar-refractivity contribution in [2.75, 3.05) is 11.6 Å². The smallest absolute Gasteiger partial charge is 0.224 e. The van der Waals surface area contributed by atoms with E-state index in [1.807, 2.05) is 13.0 Å². The van der Waals surface area contributed by atoms with Crippen LogP contribution in [0.15, 0.2) is 61.3 Å². The van der Waals surface area contributed by atoms with Crippen LogP contribution in [0.25, 0.3) is 55.8 Å². The van der Waals surface area contributed by atoms with Gasteiger partial charge in [-0.1, -0.05) is 6.92 Å². The second kappa shape index (κ2) is 11.0. The molecule has 1 aromatic carbocycles. The highest BCUT2D eigenvalue weighted by molar-refractivity contribution is 7.90. The Morgan fingerprint density at radius 2 is 1.84 bits per heavy atom. The second-order valence-corrected chi connectivity index (χ2v) is 12.3. The Labute approximate surface area is 244 Å². The monoisotopic (exact) mass is 599 g/mol. The van der Waals surface area contributed by atoms with Crippen molar-refractivity contribution in [3.05, 3.63) is 72.7 Å². The van der Waals surface area contributed by atoms with Gasteiger partial charge in [0.15, 0.2) is 15.7 Å².